The number of imidazole rings is 1. The first kappa shape index (κ1) is 17.6. The van der Waals surface area contributed by atoms with Crippen LogP contribution in [0.3, 0.4) is 0 Å². The summed E-state index contributed by atoms with van der Waals surface area (Å²) >= 11 is 3.38. The summed E-state index contributed by atoms with van der Waals surface area (Å²) in [7, 11) is 1.68. The van der Waals surface area contributed by atoms with Crippen molar-refractivity contribution in [3.8, 4) is 0 Å². The lowest BCUT2D eigenvalue weighted by atomic mass is 10.2. The van der Waals surface area contributed by atoms with E-state index in [1.807, 2.05) is 43.3 Å². The number of nitrogens with one attached hydrogen (secondary N) is 1. The quantitative estimate of drug-likeness (QED) is 0.680. The second-order valence-corrected chi connectivity index (χ2v) is 6.72. The zero-order chi connectivity index (χ0) is 17.8. The minimum atomic E-state index is -0.222. The first-order valence-corrected chi connectivity index (χ1v) is 8.90. The SMILES string of the molecule is COCCn1c(C(C)NC(=O)c2ccc(Br)cc2)nc2ccccc21. The summed E-state index contributed by atoms with van der Waals surface area (Å²) in [5.74, 6) is 0.703. The Morgan fingerprint density at radius 2 is 1.96 bits per heavy atom. The van der Waals surface area contributed by atoms with Gasteiger partial charge in [0.1, 0.15) is 5.82 Å². The first-order chi connectivity index (χ1) is 12.1. The number of nitrogens with zero attached hydrogens (tertiary/aromatic N) is 2. The summed E-state index contributed by atoms with van der Waals surface area (Å²) in [6.45, 7) is 3.22. The molecule has 0 aliphatic heterocycles. The number of hydrogen-bond acceptors (Lipinski definition) is 3. The monoisotopic (exact) mass is 401 g/mol. The molecule has 1 heterocycles. The van der Waals surface area contributed by atoms with Crippen molar-refractivity contribution < 1.29 is 9.53 Å². The third-order valence-corrected chi connectivity index (χ3v) is 4.57. The molecule has 1 aromatic heterocycles. The van der Waals surface area contributed by atoms with Crippen LogP contribution in [0.15, 0.2) is 53.0 Å². The third kappa shape index (κ3) is 3.91. The van der Waals surface area contributed by atoms with E-state index < -0.39 is 0 Å². The Hall–Kier alpha value is -2.18. The van der Waals surface area contributed by atoms with Gasteiger partial charge in [0.25, 0.3) is 5.91 Å². The second kappa shape index (κ2) is 7.80. The molecular formula is C19H20BrN3O2. The van der Waals surface area contributed by atoms with Crippen molar-refractivity contribution in [3.63, 3.8) is 0 Å². The van der Waals surface area contributed by atoms with Crippen molar-refractivity contribution >= 4 is 32.9 Å². The molecule has 0 spiro atoms. The molecule has 1 amide bonds. The number of amides is 1. The predicted octanol–water partition coefficient (Wildman–Crippen LogP) is 3.94. The van der Waals surface area contributed by atoms with Gasteiger partial charge in [-0.15, -0.1) is 0 Å². The number of methoxy groups -OCH3 is 1. The van der Waals surface area contributed by atoms with Crippen molar-refractivity contribution in [2.45, 2.75) is 19.5 Å². The van der Waals surface area contributed by atoms with Crippen LogP contribution in [0.2, 0.25) is 0 Å². The van der Waals surface area contributed by atoms with E-state index in [-0.39, 0.29) is 11.9 Å². The van der Waals surface area contributed by atoms with Gasteiger partial charge in [-0.25, -0.2) is 4.98 Å². The second-order valence-electron chi connectivity index (χ2n) is 5.81. The van der Waals surface area contributed by atoms with Crippen molar-refractivity contribution in [1.29, 1.82) is 0 Å². The first-order valence-electron chi connectivity index (χ1n) is 8.10. The lowest BCUT2D eigenvalue weighted by Gasteiger charge is -2.16. The van der Waals surface area contributed by atoms with E-state index in [1.54, 1.807) is 19.2 Å². The maximum atomic E-state index is 12.5. The molecule has 2 aromatic carbocycles. The highest BCUT2D eigenvalue weighted by atomic mass is 79.9. The lowest BCUT2D eigenvalue weighted by molar-refractivity contribution is 0.0937. The van der Waals surface area contributed by atoms with Gasteiger partial charge >= 0.3 is 0 Å². The Kier molecular flexibility index (Phi) is 5.50. The standard InChI is InChI=1S/C19H20BrN3O2/c1-13(21-19(24)14-7-9-15(20)10-8-14)18-22-16-5-3-4-6-17(16)23(18)11-12-25-2/h3-10,13H,11-12H2,1-2H3,(H,21,24). The van der Waals surface area contributed by atoms with Crippen LogP contribution in [-0.2, 0) is 11.3 Å². The molecule has 0 aliphatic carbocycles. The van der Waals surface area contributed by atoms with Gasteiger partial charge in [-0.05, 0) is 43.3 Å². The van der Waals surface area contributed by atoms with Crippen LogP contribution in [0.5, 0.6) is 0 Å². The topological polar surface area (TPSA) is 56.1 Å². The number of carbonyl (C=O) groups is 1. The smallest absolute Gasteiger partial charge is 0.251 e. The van der Waals surface area contributed by atoms with E-state index >= 15 is 0 Å². The number of carbonyl (C=O) groups excluding carboxylic acids is 1. The van der Waals surface area contributed by atoms with E-state index in [0.29, 0.717) is 18.7 Å². The van der Waals surface area contributed by atoms with Crippen LogP contribution in [-0.4, -0.2) is 29.2 Å². The molecule has 25 heavy (non-hydrogen) atoms. The normalized spacial score (nSPS) is 12.3. The van der Waals surface area contributed by atoms with Crippen LogP contribution in [0.1, 0.15) is 29.1 Å². The Labute approximate surface area is 155 Å². The van der Waals surface area contributed by atoms with Crippen molar-refractivity contribution in [3.05, 3.63) is 64.4 Å². The van der Waals surface area contributed by atoms with Gasteiger partial charge < -0.3 is 14.6 Å². The maximum Gasteiger partial charge on any atom is 0.251 e. The molecule has 1 unspecified atom stereocenters. The Bertz CT molecular complexity index is 874. The summed E-state index contributed by atoms with van der Waals surface area (Å²) in [5.41, 5.74) is 2.58. The molecule has 0 bridgehead atoms. The molecule has 3 aromatic rings. The minimum Gasteiger partial charge on any atom is -0.383 e. The fourth-order valence-corrected chi connectivity index (χ4v) is 3.05. The van der Waals surface area contributed by atoms with Crippen molar-refractivity contribution in [2.24, 2.45) is 0 Å². The Morgan fingerprint density at radius 1 is 1.24 bits per heavy atom. The Balaban J connectivity index is 1.86. The highest BCUT2D eigenvalue weighted by Gasteiger charge is 2.18. The third-order valence-electron chi connectivity index (χ3n) is 4.04. The molecule has 3 rings (SSSR count). The molecule has 0 aliphatic rings. The summed E-state index contributed by atoms with van der Waals surface area (Å²) in [5, 5.41) is 3.03. The van der Waals surface area contributed by atoms with Gasteiger partial charge in [-0.2, -0.15) is 0 Å². The van der Waals surface area contributed by atoms with Gasteiger partial charge in [0.2, 0.25) is 0 Å². The molecule has 1 atom stereocenters. The highest BCUT2D eigenvalue weighted by molar-refractivity contribution is 9.10. The number of para-hydroxylation sites is 2. The van der Waals surface area contributed by atoms with Gasteiger partial charge in [-0.3, -0.25) is 4.79 Å². The fraction of sp³-hybridized carbons (Fsp3) is 0.263. The largest absolute Gasteiger partial charge is 0.383 e. The summed E-state index contributed by atoms with van der Waals surface area (Å²) in [6, 6.07) is 15.0. The Morgan fingerprint density at radius 3 is 2.68 bits per heavy atom. The number of rotatable bonds is 6. The van der Waals surface area contributed by atoms with Gasteiger partial charge in [0, 0.05) is 23.7 Å². The molecule has 0 fully saturated rings. The molecular weight excluding hydrogens is 382 g/mol. The van der Waals surface area contributed by atoms with E-state index in [4.69, 9.17) is 9.72 Å². The summed E-state index contributed by atoms with van der Waals surface area (Å²) in [4.78, 5) is 17.2. The van der Waals surface area contributed by atoms with Gasteiger partial charge in [0.05, 0.1) is 23.7 Å². The van der Waals surface area contributed by atoms with Crippen molar-refractivity contribution in [1.82, 2.24) is 14.9 Å². The van der Waals surface area contributed by atoms with Crippen LogP contribution < -0.4 is 5.32 Å². The number of fused-ring (bicyclic) bond motifs is 1. The summed E-state index contributed by atoms with van der Waals surface area (Å²) in [6.07, 6.45) is 0. The number of halogens is 1. The van der Waals surface area contributed by atoms with E-state index in [0.717, 1.165) is 21.3 Å². The fourth-order valence-electron chi connectivity index (χ4n) is 2.79. The molecule has 130 valence electrons. The molecule has 6 heteroatoms. The molecule has 0 saturated carbocycles. The lowest BCUT2D eigenvalue weighted by Crippen LogP contribution is -2.29. The van der Waals surface area contributed by atoms with Crippen molar-refractivity contribution in [2.75, 3.05) is 13.7 Å². The van der Waals surface area contributed by atoms with Gasteiger partial charge in [0.15, 0.2) is 0 Å². The van der Waals surface area contributed by atoms with Crippen LogP contribution in [0, 0.1) is 0 Å². The minimum absolute atomic E-state index is 0.120. The summed E-state index contributed by atoms with van der Waals surface area (Å²) < 4.78 is 8.27. The van der Waals surface area contributed by atoms with Crippen LogP contribution in [0.4, 0.5) is 0 Å². The molecule has 0 radical (unpaired) electrons. The van der Waals surface area contributed by atoms with E-state index in [9.17, 15) is 4.79 Å². The number of aromatic nitrogens is 2. The average Bonchev–Trinajstić information content (AvgIpc) is 2.99. The highest BCUT2D eigenvalue weighted by Crippen LogP contribution is 2.21. The van der Waals surface area contributed by atoms with Crippen LogP contribution >= 0.6 is 15.9 Å². The number of benzene rings is 2. The maximum absolute atomic E-state index is 12.5. The zero-order valence-electron chi connectivity index (χ0n) is 14.2. The number of hydrogen-bond donors (Lipinski definition) is 1. The van der Waals surface area contributed by atoms with E-state index in [1.165, 1.54) is 0 Å². The average molecular weight is 402 g/mol. The molecule has 0 saturated heterocycles. The number of ether oxygens (including phenoxy) is 1. The van der Waals surface area contributed by atoms with Gasteiger partial charge in [-0.1, -0.05) is 28.1 Å². The van der Waals surface area contributed by atoms with Crippen LogP contribution in [0.25, 0.3) is 11.0 Å². The zero-order valence-corrected chi connectivity index (χ0v) is 15.8. The predicted molar refractivity (Wildman–Crippen MR) is 102 cm³/mol. The molecule has 1 N–H and O–H groups in total. The van der Waals surface area contributed by atoms with E-state index in [2.05, 4.69) is 25.8 Å². The molecule has 5 nitrogen and oxygen atoms in total.